The van der Waals surface area contributed by atoms with Crippen LogP contribution in [0, 0.1) is 11.3 Å². The second-order valence-corrected chi connectivity index (χ2v) is 5.04. The summed E-state index contributed by atoms with van der Waals surface area (Å²) in [7, 11) is 0. The molecule has 0 saturated heterocycles. The highest BCUT2D eigenvalue weighted by Gasteiger charge is 2.34. The number of amides is 1. The van der Waals surface area contributed by atoms with Crippen LogP contribution in [0.3, 0.4) is 0 Å². The van der Waals surface area contributed by atoms with Crippen LogP contribution in [0.2, 0.25) is 0 Å². The molecule has 4 nitrogen and oxygen atoms in total. The van der Waals surface area contributed by atoms with Gasteiger partial charge in [0.15, 0.2) is 0 Å². The molecule has 1 aliphatic rings. The van der Waals surface area contributed by atoms with Crippen LogP contribution in [-0.4, -0.2) is 41.4 Å². The Kier molecular flexibility index (Phi) is 5.64. The van der Waals surface area contributed by atoms with Gasteiger partial charge in [-0.2, -0.15) is 17.0 Å². The van der Waals surface area contributed by atoms with Crippen molar-refractivity contribution in [2.45, 2.75) is 37.8 Å². The molecule has 1 atom stereocenters. The Morgan fingerprint density at radius 3 is 2.88 bits per heavy atom. The van der Waals surface area contributed by atoms with E-state index in [0.29, 0.717) is 19.0 Å². The van der Waals surface area contributed by atoms with E-state index in [2.05, 4.69) is 6.07 Å². The number of carbonyl (C=O) groups excluding carboxylic acids is 1. The summed E-state index contributed by atoms with van der Waals surface area (Å²) >= 11 is 1.70. The zero-order valence-corrected chi connectivity index (χ0v) is 10.5. The van der Waals surface area contributed by atoms with Crippen LogP contribution in [0.4, 0.5) is 0 Å². The third-order valence-electron chi connectivity index (χ3n) is 2.69. The number of nitriles is 1. The maximum absolute atomic E-state index is 12.0. The Bertz CT molecular complexity index is 273. The van der Waals surface area contributed by atoms with Gasteiger partial charge in [0.25, 0.3) is 0 Å². The predicted octanol–water partition coefficient (Wildman–Crippen LogP) is 0.971. The van der Waals surface area contributed by atoms with Crippen LogP contribution in [0.25, 0.3) is 0 Å². The standard InChI is InChI=1S/C11H19N3OS/c1-16-8-5-10(13)11(15)14(7-2-6-12)9-3-4-9/h9-10H,2-5,7-8,13H2,1H3/t10-/m1/s1. The van der Waals surface area contributed by atoms with Crippen LogP contribution >= 0.6 is 11.8 Å². The molecule has 5 heteroatoms. The molecule has 1 fully saturated rings. The molecule has 1 rings (SSSR count). The molecular formula is C11H19N3OS. The molecule has 0 heterocycles. The van der Waals surface area contributed by atoms with E-state index in [1.807, 2.05) is 6.26 Å². The van der Waals surface area contributed by atoms with Gasteiger partial charge in [0.1, 0.15) is 0 Å². The second kappa shape index (κ2) is 6.77. The first kappa shape index (κ1) is 13.3. The zero-order chi connectivity index (χ0) is 12.0. The van der Waals surface area contributed by atoms with E-state index < -0.39 is 6.04 Å². The fourth-order valence-corrected chi connectivity index (χ4v) is 2.10. The number of nitrogens with two attached hydrogens (primary N) is 1. The van der Waals surface area contributed by atoms with Crippen LogP contribution in [-0.2, 0) is 4.79 Å². The van der Waals surface area contributed by atoms with Crippen molar-refractivity contribution in [3.63, 3.8) is 0 Å². The minimum Gasteiger partial charge on any atom is -0.337 e. The molecule has 90 valence electrons. The third kappa shape index (κ3) is 4.03. The second-order valence-electron chi connectivity index (χ2n) is 4.06. The zero-order valence-electron chi connectivity index (χ0n) is 9.69. The summed E-state index contributed by atoms with van der Waals surface area (Å²) < 4.78 is 0. The molecular weight excluding hydrogens is 222 g/mol. The fourth-order valence-electron chi connectivity index (χ4n) is 1.61. The van der Waals surface area contributed by atoms with E-state index in [1.165, 1.54) is 0 Å². The fraction of sp³-hybridized carbons (Fsp3) is 0.818. The van der Waals surface area contributed by atoms with Crippen molar-refractivity contribution in [1.82, 2.24) is 4.90 Å². The van der Waals surface area contributed by atoms with E-state index in [9.17, 15) is 4.79 Å². The minimum absolute atomic E-state index is 0.0202. The molecule has 0 aromatic carbocycles. The maximum Gasteiger partial charge on any atom is 0.239 e. The van der Waals surface area contributed by atoms with E-state index >= 15 is 0 Å². The topological polar surface area (TPSA) is 70.1 Å². The number of rotatable bonds is 7. The van der Waals surface area contributed by atoms with Gasteiger partial charge in [0.05, 0.1) is 18.5 Å². The Hall–Kier alpha value is -0.730. The lowest BCUT2D eigenvalue weighted by Crippen LogP contribution is -2.45. The summed E-state index contributed by atoms with van der Waals surface area (Å²) in [5.74, 6) is 0.927. The van der Waals surface area contributed by atoms with Crippen molar-refractivity contribution in [2.24, 2.45) is 5.73 Å². The minimum atomic E-state index is -0.397. The molecule has 0 aromatic rings. The molecule has 0 aliphatic heterocycles. The Morgan fingerprint density at radius 2 is 2.38 bits per heavy atom. The van der Waals surface area contributed by atoms with Gasteiger partial charge in [-0.3, -0.25) is 4.79 Å². The summed E-state index contributed by atoms with van der Waals surface area (Å²) in [5.41, 5.74) is 5.85. The SMILES string of the molecule is CSCC[C@@H](N)C(=O)N(CCC#N)C1CC1. The summed E-state index contributed by atoms with van der Waals surface area (Å²) in [6, 6.07) is 2.03. The van der Waals surface area contributed by atoms with Gasteiger partial charge < -0.3 is 10.6 Å². The average Bonchev–Trinajstić information content (AvgIpc) is 3.10. The third-order valence-corrected chi connectivity index (χ3v) is 3.33. The average molecular weight is 241 g/mol. The number of nitrogens with zero attached hydrogens (tertiary/aromatic N) is 2. The highest BCUT2D eigenvalue weighted by molar-refractivity contribution is 7.98. The Morgan fingerprint density at radius 1 is 1.69 bits per heavy atom. The highest BCUT2D eigenvalue weighted by Crippen LogP contribution is 2.27. The summed E-state index contributed by atoms with van der Waals surface area (Å²) in [4.78, 5) is 13.8. The highest BCUT2D eigenvalue weighted by atomic mass is 32.2. The van der Waals surface area contributed by atoms with Gasteiger partial charge in [0.2, 0.25) is 5.91 Å². The molecule has 1 aliphatic carbocycles. The molecule has 0 spiro atoms. The smallest absolute Gasteiger partial charge is 0.239 e. The van der Waals surface area contributed by atoms with Crippen molar-refractivity contribution >= 4 is 17.7 Å². The van der Waals surface area contributed by atoms with E-state index in [4.69, 9.17) is 11.0 Å². The van der Waals surface area contributed by atoms with Crippen molar-refractivity contribution in [2.75, 3.05) is 18.6 Å². The first-order valence-electron chi connectivity index (χ1n) is 5.62. The molecule has 0 bridgehead atoms. The van der Waals surface area contributed by atoms with Gasteiger partial charge >= 0.3 is 0 Å². The van der Waals surface area contributed by atoms with Gasteiger partial charge in [0, 0.05) is 12.6 Å². The number of hydrogen-bond donors (Lipinski definition) is 1. The molecule has 0 aromatic heterocycles. The normalized spacial score (nSPS) is 16.6. The van der Waals surface area contributed by atoms with Gasteiger partial charge in [-0.1, -0.05) is 0 Å². The van der Waals surface area contributed by atoms with Crippen molar-refractivity contribution in [3.05, 3.63) is 0 Å². The van der Waals surface area contributed by atoms with Crippen LogP contribution in [0.15, 0.2) is 0 Å². The number of hydrogen-bond acceptors (Lipinski definition) is 4. The molecule has 0 unspecified atom stereocenters. The molecule has 2 N–H and O–H groups in total. The first-order chi connectivity index (χ1) is 7.70. The summed E-state index contributed by atoms with van der Waals surface area (Å²) in [6.07, 6.45) is 5.25. The Labute approximate surface area is 101 Å². The Balaban J connectivity index is 2.43. The number of carbonyl (C=O) groups is 1. The van der Waals surface area contributed by atoms with Crippen molar-refractivity contribution in [1.29, 1.82) is 5.26 Å². The van der Waals surface area contributed by atoms with Crippen LogP contribution in [0.1, 0.15) is 25.7 Å². The predicted molar refractivity (Wildman–Crippen MR) is 65.9 cm³/mol. The van der Waals surface area contributed by atoms with Crippen LogP contribution in [0.5, 0.6) is 0 Å². The molecule has 1 amide bonds. The van der Waals surface area contributed by atoms with E-state index in [-0.39, 0.29) is 5.91 Å². The van der Waals surface area contributed by atoms with Crippen LogP contribution < -0.4 is 5.73 Å². The van der Waals surface area contributed by atoms with Crippen molar-refractivity contribution < 1.29 is 4.79 Å². The monoisotopic (exact) mass is 241 g/mol. The maximum atomic E-state index is 12.0. The quantitative estimate of drug-likeness (QED) is 0.721. The largest absolute Gasteiger partial charge is 0.337 e. The van der Waals surface area contributed by atoms with Gasteiger partial charge in [-0.05, 0) is 31.3 Å². The lowest BCUT2D eigenvalue weighted by atomic mass is 10.2. The molecule has 0 radical (unpaired) electrons. The van der Waals surface area contributed by atoms with E-state index in [0.717, 1.165) is 25.0 Å². The first-order valence-corrected chi connectivity index (χ1v) is 7.02. The van der Waals surface area contributed by atoms with Gasteiger partial charge in [-0.15, -0.1) is 0 Å². The van der Waals surface area contributed by atoms with Gasteiger partial charge in [-0.25, -0.2) is 0 Å². The molecule has 16 heavy (non-hydrogen) atoms. The molecule has 1 saturated carbocycles. The number of thioether (sulfide) groups is 1. The lowest BCUT2D eigenvalue weighted by Gasteiger charge is -2.24. The van der Waals surface area contributed by atoms with E-state index in [1.54, 1.807) is 16.7 Å². The summed E-state index contributed by atoms with van der Waals surface area (Å²) in [6.45, 7) is 0.535. The van der Waals surface area contributed by atoms with Crippen molar-refractivity contribution in [3.8, 4) is 6.07 Å². The lowest BCUT2D eigenvalue weighted by molar-refractivity contribution is -0.133. The summed E-state index contributed by atoms with van der Waals surface area (Å²) in [5, 5.41) is 8.56.